The first-order valence-corrected chi connectivity index (χ1v) is 7.67. The van der Waals surface area contributed by atoms with Gasteiger partial charge in [-0.25, -0.2) is 0 Å². The van der Waals surface area contributed by atoms with Gasteiger partial charge in [0.15, 0.2) is 5.78 Å². The fourth-order valence-corrected chi connectivity index (χ4v) is 3.45. The lowest BCUT2D eigenvalue weighted by molar-refractivity contribution is -0.116. The average molecular weight is 336 g/mol. The van der Waals surface area contributed by atoms with E-state index in [1.54, 1.807) is 10.7 Å². The monoisotopic (exact) mass is 335 g/mol. The van der Waals surface area contributed by atoms with Crippen molar-refractivity contribution in [3.05, 3.63) is 45.1 Å². The van der Waals surface area contributed by atoms with Crippen molar-refractivity contribution in [1.29, 1.82) is 0 Å². The lowest BCUT2D eigenvalue weighted by atomic mass is 9.85. The second-order valence-corrected chi connectivity index (χ2v) is 6.07. The average Bonchev–Trinajstić information content (AvgIpc) is 2.96. The molecule has 0 unspecified atom stereocenters. The van der Waals surface area contributed by atoms with Crippen LogP contribution in [0.5, 0.6) is 0 Å². The number of rotatable bonds is 1. The van der Waals surface area contributed by atoms with Crippen LogP contribution < -0.4 is 5.32 Å². The molecule has 112 valence electrons. The van der Waals surface area contributed by atoms with Crippen molar-refractivity contribution >= 4 is 34.9 Å². The number of fused-ring (bicyclic) bond motifs is 1. The van der Waals surface area contributed by atoms with Gasteiger partial charge >= 0.3 is 0 Å². The van der Waals surface area contributed by atoms with E-state index in [0.717, 1.165) is 24.1 Å². The number of anilines is 1. The van der Waals surface area contributed by atoms with Crippen LogP contribution >= 0.6 is 23.2 Å². The Morgan fingerprint density at radius 3 is 3.00 bits per heavy atom. The van der Waals surface area contributed by atoms with Crippen LogP contribution in [0.3, 0.4) is 0 Å². The van der Waals surface area contributed by atoms with Crippen LogP contribution in [-0.4, -0.2) is 26.0 Å². The minimum Gasteiger partial charge on any atom is -0.326 e. The molecule has 0 fully saturated rings. The third-order valence-corrected chi connectivity index (χ3v) is 4.84. The lowest BCUT2D eigenvalue weighted by Gasteiger charge is -2.32. The number of ketones is 1. The van der Waals surface area contributed by atoms with Gasteiger partial charge < -0.3 is 5.32 Å². The SMILES string of the molecule is O=C1CCCC2=C1[C@H](c1cccc(Cl)c1Cl)n1nnnc1N2. The fraction of sp³-hybridized carbons (Fsp3) is 0.286. The number of benzene rings is 1. The summed E-state index contributed by atoms with van der Waals surface area (Å²) >= 11 is 12.5. The zero-order valence-corrected chi connectivity index (χ0v) is 12.9. The molecule has 2 aliphatic rings. The first-order valence-electron chi connectivity index (χ1n) is 6.92. The van der Waals surface area contributed by atoms with Crippen molar-refractivity contribution in [2.75, 3.05) is 5.32 Å². The standard InChI is InChI=1S/C14H11Cl2N5O/c15-8-4-1-3-7(12(8)16)13-11-9(5-2-6-10(11)22)17-14-18-19-20-21(13)14/h1,3-4,13H,2,5-6H2,(H,17,18,20)/t13-/m0/s1. The summed E-state index contributed by atoms with van der Waals surface area (Å²) in [5.41, 5.74) is 2.28. The molecule has 1 aromatic carbocycles. The van der Waals surface area contributed by atoms with Crippen LogP contribution in [0.4, 0.5) is 5.95 Å². The largest absolute Gasteiger partial charge is 0.326 e. The van der Waals surface area contributed by atoms with Crippen LogP contribution in [0.15, 0.2) is 29.5 Å². The molecule has 0 amide bonds. The summed E-state index contributed by atoms with van der Waals surface area (Å²) in [6.07, 6.45) is 2.14. The lowest BCUT2D eigenvalue weighted by Crippen LogP contribution is -2.31. The molecule has 6 nitrogen and oxygen atoms in total. The molecule has 4 rings (SSSR count). The van der Waals surface area contributed by atoms with Gasteiger partial charge in [0, 0.05) is 23.3 Å². The highest BCUT2D eigenvalue weighted by molar-refractivity contribution is 6.42. The molecule has 1 aliphatic carbocycles. The number of nitrogens with zero attached hydrogens (tertiary/aromatic N) is 4. The molecule has 2 aromatic rings. The van der Waals surface area contributed by atoms with Crippen molar-refractivity contribution in [3.8, 4) is 0 Å². The molecule has 1 atom stereocenters. The Morgan fingerprint density at radius 2 is 2.14 bits per heavy atom. The van der Waals surface area contributed by atoms with E-state index >= 15 is 0 Å². The summed E-state index contributed by atoms with van der Waals surface area (Å²) in [5.74, 6) is 0.602. The Hall–Kier alpha value is -1.92. The summed E-state index contributed by atoms with van der Waals surface area (Å²) in [7, 11) is 0. The first kappa shape index (κ1) is 13.7. The van der Waals surface area contributed by atoms with Gasteiger partial charge in [0.2, 0.25) is 5.95 Å². The van der Waals surface area contributed by atoms with Gasteiger partial charge in [-0.15, -0.1) is 0 Å². The predicted octanol–water partition coefficient (Wildman–Crippen LogP) is 3.00. The van der Waals surface area contributed by atoms with E-state index in [1.807, 2.05) is 12.1 Å². The van der Waals surface area contributed by atoms with E-state index in [2.05, 4.69) is 20.8 Å². The summed E-state index contributed by atoms with van der Waals surface area (Å²) < 4.78 is 1.58. The van der Waals surface area contributed by atoms with E-state index < -0.39 is 6.04 Å². The highest BCUT2D eigenvalue weighted by Gasteiger charge is 2.37. The number of allylic oxidation sites excluding steroid dienone is 2. The molecule has 22 heavy (non-hydrogen) atoms. The normalized spacial score (nSPS) is 20.5. The molecule has 2 heterocycles. The number of halogens is 2. The maximum Gasteiger partial charge on any atom is 0.248 e. The maximum atomic E-state index is 12.5. The van der Waals surface area contributed by atoms with Crippen molar-refractivity contribution in [3.63, 3.8) is 0 Å². The van der Waals surface area contributed by atoms with Crippen LogP contribution in [-0.2, 0) is 4.79 Å². The molecule has 0 saturated carbocycles. The zero-order valence-electron chi connectivity index (χ0n) is 11.4. The first-order chi connectivity index (χ1) is 10.7. The van der Waals surface area contributed by atoms with Crippen molar-refractivity contribution < 1.29 is 4.79 Å². The number of nitrogens with one attached hydrogen (secondary N) is 1. The second-order valence-electron chi connectivity index (χ2n) is 5.29. The fourth-order valence-electron chi connectivity index (χ4n) is 3.04. The number of hydrogen-bond donors (Lipinski definition) is 1. The van der Waals surface area contributed by atoms with E-state index in [-0.39, 0.29) is 5.78 Å². The van der Waals surface area contributed by atoms with Gasteiger partial charge in [-0.1, -0.05) is 40.4 Å². The highest BCUT2D eigenvalue weighted by atomic mass is 35.5. The summed E-state index contributed by atoms with van der Waals surface area (Å²) in [4.78, 5) is 12.5. The number of tetrazole rings is 1. The van der Waals surface area contributed by atoms with E-state index in [1.165, 1.54) is 0 Å². The molecule has 8 heteroatoms. The summed E-state index contributed by atoms with van der Waals surface area (Å²) in [6, 6.07) is 4.93. The number of carbonyl (C=O) groups is 1. The van der Waals surface area contributed by atoms with Gasteiger partial charge in [0.25, 0.3) is 0 Å². The van der Waals surface area contributed by atoms with E-state index in [9.17, 15) is 4.79 Å². The highest BCUT2D eigenvalue weighted by Crippen LogP contribution is 2.42. The number of Topliss-reactive ketones (excluding diaryl/α,β-unsaturated/α-hetero) is 1. The van der Waals surface area contributed by atoms with Crippen molar-refractivity contribution in [2.45, 2.75) is 25.3 Å². The minimum atomic E-state index is -0.444. The molecule has 1 N–H and O–H groups in total. The molecular formula is C14H11Cl2N5O. The quantitative estimate of drug-likeness (QED) is 0.867. The number of carbonyl (C=O) groups excluding carboxylic acids is 1. The Balaban J connectivity index is 1.97. The molecule has 0 saturated heterocycles. The molecule has 0 spiro atoms. The van der Waals surface area contributed by atoms with Gasteiger partial charge in [-0.2, -0.15) is 4.68 Å². The van der Waals surface area contributed by atoms with Gasteiger partial charge in [-0.3, -0.25) is 4.79 Å². The van der Waals surface area contributed by atoms with Gasteiger partial charge in [0.05, 0.1) is 10.0 Å². The van der Waals surface area contributed by atoms with Gasteiger partial charge in [0.1, 0.15) is 6.04 Å². The molecular weight excluding hydrogens is 325 g/mol. The Labute approximate surface area is 136 Å². The third kappa shape index (κ3) is 1.94. The Bertz CT molecular complexity index is 813. The van der Waals surface area contributed by atoms with Gasteiger partial charge in [-0.05, 0) is 29.3 Å². The van der Waals surface area contributed by atoms with E-state index in [4.69, 9.17) is 23.2 Å². The Kier molecular flexibility index (Phi) is 3.16. The maximum absolute atomic E-state index is 12.5. The smallest absolute Gasteiger partial charge is 0.248 e. The van der Waals surface area contributed by atoms with Crippen molar-refractivity contribution in [2.24, 2.45) is 0 Å². The third-order valence-electron chi connectivity index (χ3n) is 4.01. The van der Waals surface area contributed by atoms with Crippen molar-refractivity contribution in [1.82, 2.24) is 20.2 Å². The van der Waals surface area contributed by atoms with Crippen LogP contribution in [0.25, 0.3) is 0 Å². The van der Waals surface area contributed by atoms with Crippen LogP contribution in [0, 0.1) is 0 Å². The number of aromatic nitrogens is 4. The van der Waals surface area contributed by atoms with E-state index in [0.29, 0.717) is 28.0 Å². The summed E-state index contributed by atoms with van der Waals surface area (Å²) in [6.45, 7) is 0. The van der Waals surface area contributed by atoms with Crippen LogP contribution in [0.1, 0.15) is 30.9 Å². The Morgan fingerprint density at radius 1 is 1.27 bits per heavy atom. The second kappa shape index (κ2) is 5.07. The number of hydrogen-bond acceptors (Lipinski definition) is 5. The zero-order chi connectivity index (χ0) is 15.3. The van der Waals surface area contributed by atoms with Crippen LogP contribution in [0.2, 0.25) is 10.0 Å². The molecule has 1 aromatic heterocycles. The molecule has 0 bridgehead atoms. The minimum absolute atomic E-state index is 0.0935. The predicted molar refractivity (Wildman–Crippen MR) is 81.9 cm³/mol. The molecule has 0 radical (unpaired) electrons. The summed E-state index contributed by atoms with van der Waals surface area (Å²) in [5, 5.41) is 15.7. The topological polar surface area (TPSA) is 72.7 Å². The molecule has 1 aliphatic heterocycles.